The number of aryl methyl sites for hydroxylation is 2. The van der Waals surface area contributed by atoms with Crippen LogP contribution in [0.4, 0.5) is 5.69 Å². The second kappa shape index (κ2) is 10.2. The molecule has 29 heavy (non-hydrogen) atoms. The molecule has 0 bridgehead atoms. The molecule has 2 aromatic carbocycles. The summed E-state index contributed by atoms with van der Waals surface area (Å²) in [6, 6.07) is 14.0. The van der Waals surface area contributed by atoms with Crippen molar-refractivity contribution in [1.82, 2.24) is 14.8 Å². The van der Waals surface area contributed by atoms with Crippen molar-refractivity contribution in [2.24, 2.45) is 7.05 Å². The normalized spacial score (nSPS) is 10.9. The Morgan fingerprint density at radius 2 is 1.86 bits per heavy atom. The van der Waals surface area contributed by atoms with Crippen molar-refractivity contribution >= 4 is 46.7 Å². The van der Waals surface area contributed by atoms with Gasteiger partial charge in [-0.2, -0.15) is 0 Å². The van der Waals surface area contributed by atoms with Crippen LogP contribution in [0.1, 0.15) is 22.5 Å². The van der Waals surface area contributed by atoms with Crippen LogP contribution in [0.15, 0.2) is 47.6 Å². The van der Waals surface area contributed by atoms with Crippen LogP contribution < -0.4 is 5.32 Å². The molecule has 152 valence electrons. The summed E-state index contributed by atoms with van der Waals surface area (Å²) in [5.41, 5.74) is 4.23. The molecule has 0 aliphatic carbocycles. The summed E-state index contributed by atoms with van der Waals surface area (Å²) in [6.07, 6.45) is 0. The molecule has 1 amide bonds. The minimum absolute atomic E-state index is 0.104. The molecule has 0 aliphatic heterocycles. The second-order valence-electron chi connectivity index (χ2n) is 6.74. The highest BCUT2D eigenvalue weighted by Gasteiger charge is 2.12. The Kier molecular flexibility index (Phi) is 7.64. The largest absolute Gasteiger partial charge is 0.325 e. The molecule has 3 aromatic rings. The Labute approximate surface area is 184 Å². The third-order valence-corrected chi connectivity index (χ3v) is 6.76. The first-order chi connectivity index (χ1) is 13.9. The third kappa shape index (κ3) is 6.26. The molecule has 0 saturated heterocycles. The van der Waals surface area contributed by atoms with Gasteiger partial charge in [0.25, 0.3) is 0 Å². The average Bonchev–Trinajstić information content (AvgIpc) is 3.04. The first kappa shape index (κ1) is 21.7. The summed E-state index contributed by atoms with van der Waals surface area (Å²) in [5.74, 6) is 2.75. The fourth-order valence-electron chi connectivity index (χ4n) is 2.54. The molecule has 1 N–H and O–H groups in total. The zero-order valence-corrected chi connectivity index (χ0v) is 19.0. The predicted molar refractivity (Wildman–Crippen MR) is 123 cm³/mol. The van der Waals surface area contributed by atoms with Gasteiger partial charge in [-0.05, 0) is 37.1 Å². The fraction of sp³-hybridized carbons (Fsp3) is 0.286. The highest BCUT2D eigenvalue weighted by molar-refractivity contribution is 7.99. The number of nitrogens with zero attached hydrogens (tertiary/aromatic N) is 3. The lowest BCUT2D eigenvalue weighted by Gasteiger charge is -2.07. The van der Waals surface area contributed by atoms with Crippen molar-refractivity contribution in [1.29, 1.82) is 0 Å². The lowest BCUT2D eigenvalue weighted by atomic mass is 10.2. The number of nitrogens with one attached hydrogen (secondary N) is 1. The molecule has 0 unspecified atom stereocenters. The number of carbonyl (C=O) groups excluding carboxylic acids is 1. The van der Waals surface area contributed by atoms with E-state index >= 15 is 0 Å². The molecule has 0 saturated carbocycles. The number of benzene rings is 2. The van der Waals surface area contributed by atoms with Gasteiger partial charge in [0.2, 0.25) is 5.91 Å². The molecule has 0 radical (unpaired) electrons. The van der Waals surface area contributed by atoms with E-state index in [1.807, 2.05) is 30.7 Å². The van der Waals surface area contributed by atoms with E-state index in [0.29, 0.717) is 10.7 Å². The van der Waals surface area contributed by atoms with Gasteiger partial charge in [0, 0.05) is 23.5 Å². The summed E-state index contributed by atoms with van der Waals surface area (Å²) in [7, 11) is 1.93. The molecule has 0 spiro atoms. The highest BCUT2D eigenvalue weighted by atomic mass is 35.5. The van der Waals surface area contributed by atoms with E-state index < -0.39 is 0 Å². The van der Waals surface area contributed by atoms with E-state index in [0.717, 1.165) is 28.0 Å². The molecule has 3 rings (SSSR count). The van der Waals surface area contributed by atoms with Crippen LogP contribution in [-0.2, 0) is 23.3 Å². The molecule has 5 nitrogen and oxygen atoms in total. The number of anilines is 1. The summed E-state index contributed by atoms with van der Waals surface area (Å²) in [4.78, 5) is 12.2. The van der Waals surface area contributed by atoms with E-state index in [1.165, 1.54) is 22.9 Å². The Balaban J connectivity index is 1.47. The SMILES string of the molecule is Cc1ccc(CSCc2nnc(SCC(=O)Nc3ccc(C)c(Cl)c3)n2C)cc1. The Hall–Kier alpha value is -1.96. The van der Waals surface area contributed by atoms with Gasteiger partial charge in [-0.1, -0.05) is 59.3 Å². The standard InChI is InChI=1S/C21H23ClN4OS2/c1-14-4-7-16(8-5-14)11-28-12-19-24-25-21(26(19)3)29-13-20(27)23-17-9-6-15(2)18(22)10-17/h4-10H,11-13H2,1-3H3,(H,23,27). The summed E-state index contributed by atoms with van der Waals surface area (Å²) >= 11 is 9.27. The maximum atomic E-state index is 12.2. The van der Waals surface area contributed by atoms with Crippen LogP contribution in [-0.4, -0.2) is 26.4 Å². The Bertz CT molecular complexity index is 989. The smallest absolute Gasteiger partial charge is 0.234 e. The number of thioether (sulfide) groups is 2. The topological polar surface area (TPSA) is 59.8 Å². The van der Waals surface area contributed by atoms with E-state index in [4.69, 9.17) is 11.6 Å². The zero-order valence-electron chi connectivity index (χ0n) is 16.6. The lowest BCUT2D eigenvalue weighted by molar-refractivity contribution is -0.113. The number of rotatable bonds is 8. The van der Waals surface area contributed by atoms with Crippen LogP contribution in [0.3, 0.4) is 0 Å². The predicted octanol–water partition coefficient (Wildman–Crippen LogP) is 5.25. The maximum Gasteiger partial charge on any atom is 0.234 e. The second-order valence-corrected chi connectivity index (χ2v) is 9.07. The molecule has 0 atom stereocenters. The number of carbonyl (C=O) groups is 1. The van der Waals surface area contributed by atoms with E-state index in [2.05, 4.69) is 46.7 Å². The molecular weight excluding hydrogens is 424 g/mol. The van der Waals surface area contributed by atoms with Gasteiger partial charge in [-0.25, -0.2) is 0 Å². The molecular formula is C21H23ClN4OS2. The van der Waals surface area contributed by atoms with Crippen molar-refractivity contribution in [2.45, 2.75) is 30.5 Å². The molecule has 1 aromatic heterocycles. The first-order valence-corrected chi connectivity index (χ1v) is 11.6. The Morgan fingerprint density at radius 1 is 1.10 bits per heavy atom. The van der Waals surface area contributed by atoms with Crippen LogP contribution in [0, 0.1) is 13.8 Å². The number of hydrogen-bond acceptors (Lipinski definition) is 5. The number of aromatic nitrogens is 3. The van der Waals surface area contributed by atoms with Gasteiger partial charge >= 0.3 is 0 Å². The van der Waals surface area contributed by atoms with Crippen molar-refractivity contribution in [3.63, 3.8) is 0 Å². The van der Waals surface area contributed by atoms with Crippen molar-refractivity contribution < 1.29 is 4.79 Å². The number of amides is 1. The fourth-order valence-corrected chi connectivity index (χ4v) is 4.41. The van der Waals surface area contributed by atoms with E-state index in [-0.39, 0.29) is 11.7 Å². The molecule has 0 aliphatic rings. The van der Waals surface area contributed by atoms with Crippen molar-refractivity contribution in [3.8, 4) is 0 Å². The molecule has 8 heteroatoms. The Morgan fingerprint density at radius 3 is 2.59 bits per heavy atom. The van der Waals surface area contributed by atoms with Crippen LogP contribution in [0.5, 0.6) is 0 Å². The van der Waals surface area contributed by atoms with Gasteiger partial charge < -0.3 is 9.88 Å². The maximum absolute atomic E-state index is 12.2. The zero-order chi connectivity index (χ0) is 20.8. The molecule has 1 heterocycles. The first-order valence-electron chi connectivity index (χ1n) is 9.12. The van der Waals surface area contributed by atoms with Crippen LogP contribution >= 0.6 is 35.1 Å². The summed E-state index contributed by atoms with van der Waals surface area (Å²) in [5, 5.41) is 12.7. The van der Waals surface area contributed by atoms with E-state index in [9.17, 15) is 4.79 Å². The third-order valence-electron chi connectivity index (χ3n) is 4.33. The summed E-state index contributed by atoms with van der Waals surface area (Å²) < 4.78 is 1.95. The van der Waals surface area contributed by atoms with Crippen LogP contribution in [0.25, 0.3) is 0 Å². The monoisotopic (exact) mass is 446 g/mol. The van der Waals surface area contributed by atoms with Crippen LogP contribution in [0.2, 0.25) is 5.02 Å². The van der Waals surface area contributed by atoms with Crippen molar-refractivity contribution in [2.75, 3.05) is 11.1 Å². The van der Waals surface area contributed by atoms with Gasteiger partial charge in [0.1, 0.15) is 5.82 Å². The minimum Gasteiger partial charge on any atom is -0.325 e. The van der Waals surface area contributed by atoms with Gasteiger partial charge in [0.15, 0.2) is 5.16 Å². The van der Waals surface area contributed by atoms with Gasteiger partial charge in [0.05, 0.1) is 11.5 Å². The number of halogens is 1. The average molecular weight is 447 g/mol. The summed E-state index contributed by atoms with van der Waals surface area (Å²) in [6.45, 7) is 4.01. The van der Waals surface area contributed by atoms with Gasteiger partial charge in [-0.15, -0.1) is 22.0 Å². The minimum atomic E-state index is -0.104. The lowest BCUT2D eigenvalue weighted by Crippen LogP contribution is -2.14. The highest BCUT2D eigenvalue weighted by Crippen LogP contribution is 2.22. The molecule has 0 fully saturated rings. The number of hydrogen-bond donors (Lipinski definition) is 1. The van der Waals surface area contributed by atoms with Gasteiger partial charge in [-0.3, -0.25) is 4.79 Å². The quantitative estimate of drug-likeness (QED) is 0.479. The van der Waals surface area contributed by atoms with Crippen molar-refractivity contribution in [3.05, 3.63) is 70.0 Å². The van der Waals surface area contributed by atoms with E-state index in [1.54, 1.807) is 17.8 Å².